The molecule has 2 nitrogen and oxygen atoms in total. The second-order valence-electron chi connectivity index (χ2n) is 13.3. The first-order chi connectivity index (χ1) is 25.5. The molecule has 0 atom stereocenters. The summed E-state index contributed by atoms with van der Waals surface area (Å²) in [6, 6.07) is 25.0. The molecule has 10 aromatic rings. The number of aromatic nitrogens is 2. The Hall–Kier alpha value is -4.38. The van der Waals surface area contributed by atoms with E-state index in [1.54, 1.807) is 22.7 Å². The van der Waals surface area contributed by atoms with Gasteiger partial charge in [0.05, 0.1) is 15.9 Å². The molecule has 0 aliphatic carbocycles. The summed E-state index contributed by atoms with van der Waals surface area (Å²) in [5.41, 5.74) is 4.95. The molecule has 0 amide bonds. The zero-order valence-corrected chi connectivity index (χ0v) is 29.5. The third-order valence-electron chi connectivity index (χ3n) is 10.5. The molecule has 0 fully saturated rings. The Morgan fingerprint density at radius 2 is 1.00 bits per heavy atom. The van der Waals surface area contributed by atoms with Gasteiger partial charge in [-0.1, -0.05) is 69.2 Å². The van der Waals surface area contributed by atoms with E-state index in [-0.39, 0.29) is 54.6 Å². The van der Waals surface area contributed by atoms with Crippen LogP contribution < -0.4 is 54.6 Å². The minimum Gasteiger partial charge on any atom is -0.310 e. The van der Waals surface area contributed by atoms with Gasteiger partial charge in [-0.05, 0) is 63.3 Å². The number of benzene rings is 7. The van der Waals surface area contributed by atoms with Crippen molar-refractivity contribution in [1.82, 2.24) is 9.55 Å². The highest BCUT2D eigenvalue weighted by molar-refractivity contribution is 7.26. The van der Waals surface area contributed by atoms with Crippen molar-refractivity contribution in [3.05, 3.63) is 72.8 Å². The Bertz CT molecular complexity index is 3280. The number of nitrogens with zero attached hydrogens (tertiary/aromatic N) is 2. The number of para-hydroxylation sites is 1. The van der Waals surface area contributed by atoms with Gasteiger partial charge in [-0.25, -0.2) is 4.98 Å². The van der Waals surface area contributed by atoms with Crippen LogP contribution in [0.2, 0.25) is 0 Å². The van der Waals surface area contributed by atoms with Crippen LogP contribution in [0.15, 0.2) is 72.8 Å². The van der Waals surface area contributed by atoms with Gasteiger partial charge >= 0.3 is 0 Å². The first kappa shape index (κ1) is 33.2. The lowest BCUT2D eigenvalue weighted by Crippen LogP contribution is -2.50. The maximum absolute atomic E-state index is 7.22. The average molecular weight is 681 g/mol. The molecule has 0 saturated heterocycles. The molecule has 20 radical (unpaired) electrons. The monoisotopic (exact) mass is 682 g/mol. The van der Waals surface area contributed by atoms with Gasteiger partial charge in [-0.3, -0.25) is 0 Å². The zero-order chi connectivity index (χ0) is 36.8. The van der Waals surface area contributed by atoms with Crippen LogP contribution in [0.3, 0.4) is 0 Å². The molecule has 0 bridgehead atoms. The quantitative estimate of drug-likeness (QED) is 0.229. The van der Waals surface area contributed by atoms with E-state index >= 15 is 0 Å². The maximum Gasteiger partial charge on any atom is 0.127 e. The molecular weight excluding hydrogens is 669 g/mol. The first-order valence-corrected chi connectivity index (χ1v) is 18.2. The fourth-order valence-electron chi connectivity index (χ4n) is 7.96. The molecule has 3 heterocycles. The van der Waals surface area contributed by atoms with Gasteiger partial charge in [0.15, 0.2) is 0 Å². The van der Waals surface area contributed by atoms with Crippen LogP contribution in [0.25, 0.3) is 90.0 Å². The van der Waals surface area contributed by atoms with Crippen molar-refractivity contribution in [3.8, 4) is 16.3 Å². The van der Waals surface area contributed by atoms with E-state index < -0.39 is 0 Å². The van der Waals surface area contributed by atoms with E-state index in [9.17, 15) is 0 Å². The lowest BCUT2D eigenvalue weighted by atomic mass is 9.61. The number of rotatable bonds is 2. The number of hydrogen-bond acceptors (Lipinski definition) is 3. The van der Waals surface area contributed by atoms with Crippen LogP contribution in [-0.2, 0) is 0 Å². The van der Waals surface area contributed by atoms with Crippen LogP contribution in [0.1, 0.15) is 0 Å². The van der Waals surface area contributed by atoms with Gasteiger partial charge in [-0.15, -0.1) is 44.5 Å². The molecule has 10 rings (SSSR count). The van der Waals surface area contributed by atoms with Crippen molar-refractivity contribution in [3.63, 3.8) is 0 Å². The Kier molecular flexibility index (Phi) is 7.24. The predicted molar refractivity (Wildman–Crippen MR) is 241 cm³/mol. The molecule has 0 unspecified atom stereocenters. The van der Waals surface area contributed by atoms with Crippen molar-refractivity contribution in [1.29, 1.82) is 0 Å². The zero-order valence-electron chi connectivity index (χ0n) is 27.9. The highest BCUT2D eigenvalue weighted by Gasteiger charge is 2.28. The topological polar surface area (TPSA) is 17.8 Å². The molecule has 0 spiro atoms. The minimum atomic E-state index is 0.0980. The van der Waals surface area contributed by atoms with Crippen LogP contribution in [0.4, 0.5) is 0 Å². The molecule has 0 N–H and O–H groups in total. The third-order valence-corrected chi connectivity index (χ3v) is 12.7. The molecule has 3 aromatic heterocycles. The smallest absolute Gasteiger partial charge is 0.127 e. The summed E-state index contributed by atoms with van der Waals surface area (Å²) in [5.74, 6) is 0. The molecule has 7 aromatic carbocycles. The molecule has 0 saturated carbocycles. The van der Waals surface area contributed by atoms with Crippen molar-refractivity contribution in [2.45, 2.75) is 0 Å². The van der Waals surface area contributed by atoms with Gasteiger partial charge in [0.1, 0.15) is 83.5 Å². The number of thiophene rings is 1. The van der Waals surface area contributed by atoms with E-state index in [1.807, 2.05) is 41.0 Å². The van der Waals surface area contributed by atoms with Gasteiger partial charge in [0, 0.05) is 42.2 Å². The Morgan fingerprint density at radius 3 is 1.70 bits per heavy atom. The third kappa shape index (κ3) is 4.37. The van der Waals surface area contributed by atoms with Gasteiger partial charge in [0.25, 0.3) is 0 Å². The van der Waals surface area contributed by atoms with Crippen molar-refractivity contribution < 1.29 is 0 Å². The fourth-order valence-corrected chi connectivity index (χ4v) is 10.1. The molecule has 14 heteroatoms. The van der Waals surface area contributed by atoms with E-state index in [2.05, 4.69) is 36.4 Å². The normalized spacial score (nSPS) is 12.2. The van der Waals surface area contributed by atoms with E-state index in [4.69, 9.17) is 83.4 Å². The number of thiazole rings is 1. The highest BCUT2D eigenvalue weighted by atomic mass is 32.1. The summed E-state index contributed by atoms with van der Waals surface area (Å²) < 4.78 is 5.19. The van der Waals surface area contributed by atoms with E-state index in [0.717, 1.165) is 51.7 Å². The largest absolute Gasteiger partial charge is 0.310 e. The SMILES string of the molecule is [B]c1c([B])c([B])c2c([B])c3c(c([B])c2c1[B])c1c([B])c([B])c([B])c([B])c1n3-c1ccc2sc3cc4ccccc4cc3c2c1-c1nc2ccccc2s1. The van der Waals surface area contributed by atoms with Crippen LogP contribution in [-0.4, -0.2) is 88.0 Å². The second-order valence-corrected chi connectivity index (χ2v) is 15.4. The lowest BCUT2D eigenvalue weighted by Gasteiger charge is -2.23. The van der Waals surface area contributed by atoms with Crippen molar-refractivity contribution in [2.24, 2.45) is 0 Å². The van der Waals surface area contributed by atoms with Crippen molar-refractivity contribution >= 4 is 230 Å². The molecule has 220 valence electrons. The summed E-state index contributed by atoms with van der Waals surface area (Å²) in [4.78, 5) is 5.21. The lowest BCUT2D eigenvalue weighted by molar-refractivity contribution is 1.20. The molecule has 0 aliphatic heterocycles. The summed E-state index contributed by atoms with van der Waals surface area (Å²) >= 11 is 3.31. The Balaban J connectivity index is 1.50. The predicted octanol–water partition coefficient (Wildman–Crippen LogP) is -0.327. The summed E-state index contributed by atoms with van der Waals surface area (Å²) in [5, 5.41) is 6.79. The molecule has 0 aliphatic rings. The first-order valence-electron chi connectivity index (χ1n) is 16.5. The summed E-state index contributed by atoms with van der Waals surface area (Å²) in [6.45, 7) is 0. The maximum atomic E-state index is 7.22. The molecule has 53 heavy (non-hydrogen) atoms. The van der Waals surface area contributed by atoms with E-state index in [0.29, 0.717) is 38.3 Å². The number of fused-ring (bicyclic) bond motifs is 9. The van der Waals surface area contributed by atoms with Crippen LogP contribution >= 0.6 is 22.7 Å². The fraction of sp³-hybridized carbons (Fsp3) is 0. The van der Waals surface area contributed by atoms with Gasteiger partial charge < -0.3 is 4.57 Å². The second kappa shape index (κ2) is 11.6. The standard InChI is InChI=1S/C39H12B10N2S2/c40-27-23-24(29(42)33(46)32(45)28(23)41)31(44)37-25(27)26-30(43)34(47)35(48)36(49)38(26)51(37)17-9-10-19-21(22(17)39-50-16-7-3-4-8-18(16)53-39)15-11-13-5-1-2-6-14(13)12-20(15)52-19/h1-12H. The van der Waals surface area contributed by atoms with Crippen molar-refractivity contribution in [2.75, 3.05) is 0 Å². The van der Waals surface area contributed by atoms with Gasteiger partial charge in [-0.2, -0.15) is 0 Å². The minimum absolute atomic E-state index is 0.0980. The average Bonchev–Trinajstić information content (AvgIpc) is 3.86. The van der Waals surface area contributed by atoms with Gasteiger partial charge in [0.2, 0.25) is 0 Å². The Labute approximate surface area is 326 Å². The van der Waals surface area contributed by atoms with E-state index in [1.165, 1.54) is 0 Å². The molecular formula is C39H12B10N2S2. The summed E-state index contributed by atoms with van der Waals surface area (Å²) in [6.07, 6.45) is 0. The Morgan fingerprint density at radius 1 is 0.434 bits per heavy atom. The van der Waals surface area contributed by atoms with Crippen LogP contribution in [0.5, 0.6) is 0 Å². The highest BCUT2D eigenvalue weighted by Crippen LogP contribution is 2.47. The van der Waals surface area contributed by atoms with Crippen LogP contribution in [0, 0.1) is 0 Å². The number of hydrogen-bond donors (Lipinski definition) is 0. The summed E-state index contributed by atoms with van der Waals surface area (Å²) in [7, 11) is 67.3.